The molecule has 3 aliphatic rings. The summed E-state index contributed by atoms with van der Waals surface area (Å²) in [7, 11) is 0. The van der Waals surface area contributed by atoms with E-state index in [1.165, 1.54) is 36.8 Å². The Morgan fingerprint density at radius 1 is 1.03 bits per heavy atom. The first-order valence-electron chi connectivity index (χ1n) is 12.5. The molecule has 0 radical (unpaired) electrons. The quantitative estimate of drug-likeness (QED) is 0.346. The molecule has 0 amide bonds. The Hall–Kier alpha value is -3.42. The highest BCUT2D eigenvalue weighted by Gasteiger charge is 2.26. The Balaban J connectivity index is 1.19. The number of fused-ring (bicyclic) bond motifs is 1. The van der Waals surface area contributed by atoms with Crippen molar-refractivity contribution in [2.24, 2.45) is 4.99 Å². The summed E-state index contributed by atoms with van der Waals surface area (Å²) in [5.41, 5.74) is 8.27. The fourth-order valence-corrected chi connectivity index (χ4v) is 5.05. The summed E-state index contributed by atoms with van der Waals surface area (Å²) >= 11 is 6.64. The number of aromatic nitrogens is 3. The number of nitrogens with zero attached hydrogens (tertiary/aromatic N) is 4. The lowest BCUT2D eigenvalue weighted by atomic mass is 10.0. The summed E-state index contributed by atoms with van der Waals surface area (Å²) in [6.45, 7) is 0.451. The number of aliphatic imine (C=N–C) groups is 1. The van der Waals surface area contributed by atoms with E-state index in [9.17, 15) is 0 Å². The standard InChI is InChI=1S/C28H26ClN5O2/c29-26-12-20(18-6-7-18)8-9-21(26)10-22-15-35-33-27(31-22)25-13-23-14-30-16-34(23)32-28(25)36-24-3-1-2-19(11-24)17-4-5-17/h1-3,8-9,11-14,16-18,22H,4-7,10,15H2,(H,31,33). The van der Waals surface area contributed by atoms with Gasteiger partial charge in [0.1, 0.15) is 12.1 Å². The van der Waals surface area contributed by atoms with E-state index in [0.717, 1.165) is 27.4 Å². The lowest BCUT2D eigenvalue weighted by Gasteiger charge is -2.23. The molecule has 4 aromatic rings. The molecule has 3 heterocycles. The van der Waals surface area contributed by atoms with Crippen LogP contribution in [-0.4, -0.2) is 33.1 Å². The van der Waals surface area contributed by atoms with Crippen LogP contribution < -0.4 is 10.2 Å². The zero-order valence-electron chi connectivity index (χ0n) is 19.7. The van der Waals surface area contributed by atoms with Crippen LogP contribution in [0.5, 0.6) is 11.6 Å². The Morgan fingerprint density at radius 2 is 1.86 bits per heavy atom. The Bertz CT molecular complexity index is 1470. The molecule has 2 saturated carbocycles. The van der Waals surface area contributed by atoms with Crippen LogP contribution in [0.1, 0.15) is 59.8 Å². The summed E-state index contributed by atoms with van der Waals surface area (Å²) in [5.74, 6) is 3.10. The normalized spacial score (nSPS) is 19.7. The molecule has 1 unspecified atom stereocenters. The molecular weight excluding hydrogens is 474 g/mol. The van der Waals surface area contributed by atoms with Gasteiger partial charge in [-0.05, 0) is 84.9 Å². The molecule has 8 heteroatoms. The highest BCUT2D eigenvalue weighted by atomic mass is 35.5. The number of ether oxygens (including phenoxy) is 1. The maximum atomic E-state index is 6.64. The van der Waals surface area contributed by atoms with E-state index in [4.69, 9.17) is 26.2 Å². The lowest BCUT2D eigenvalue weighted by molar-refractivity contribution is 0.0623. The third-order valence-corrected chi connectivity index (χ3v) is 7.43. The second-order valence-electron chi connectivity index (χ2n) is 9.95. The fourth-order valence-electron chi connectivity index (χ4n) is 4.79. The van der Waals surface area contributed by atoms with Crippen molar-refractivity contribution < 1.29 is 9.57 Å². The number of benzene rings is 2. The summed E-state index contributed by atoms with van der Waals surface area (Å²) in [6.07, 6.45) is 9.11. The van der Waals surface area contributed by atoms with Crippen molar-refractivity contribution >= 4 is 23.0 Å². The van der Waals surface area contributed by atoms with Crippen LogP contribution in [0.3, 0.4) is 0 Å². The average Bonchev–Trinajstić information content (AvgIpc) is 3.82. The Labute approximate surface area is 214 Å². The molecule has 2 aromatic carbocycles. The first-order chi connectivity index (χ1) is 17.7. The second kappa shape index (κ2) is 8.91. The number of halogens is 1. The van der Waals surface area contributed by atoms with Crippen LogP contribution in [0.15, 0.2) is 66.0 Å². The van der Waals surface area contributed by atoms with Crippen molar-refractivity contribution in [3.63, 3.8) is 0 Å². The second-order valence-corrected chi connectivity index (χ2v) is 10.4. The molecule has 7 nitrogen and oxygen atoms in total. The smallest absolute Gasteiger partial charge is 0.248 e. The third-order valence-electron chi connectivity index (χ3n) is 7.08. The molecule has 2 aliphatic carbocycles. The largest absolute Gasteiger partial charge is 0.437 e. The van der Waals surface area contributed by atoms with Crippen molar-refractivity contribution in [3.05, 3.63) is 88.3 Å². The predicted molar refractivity (Wildman–Crippen MR) is 138 cm³/mol. The van der Waals surface area contributed by atoms with E-state index >= 15 is 0 Å². The number of rotatable bonds is 7. The summed E-state index contributed by atoms with van der Waals surface area (Å²) < 4.78 is 8.02. The van der Waals surface area contributed by atoms with Gasteiger partial charge in [-0.15, -0.1) is 5.10 Å². The van der Waals surface area contributed by atoms with Gasteiger partial charge in [-0.1, -0.05) is 35.9 Å². The lowest BCUT2D eigenvalue weighted by Crippen LogP contribution is -2.37. The van der Waals surface area contributed by atoms with Crippen molar-refractivity contribution in [2.75, 3.05) is 6.61 Å². The molecule has 182 valence electrons. The Morgan fingerprint density at radius 3 is 2.67 bits per heavy atom. The van der Waals surface area contributed by atoms with Gasteiger partial charge in [0.05, 0.1) is 29.9 Å². The zero-order chi connectivity index (χ0) is 24.1. The van der Waals surface area contributed by atoms with Crippen LogP contribution >= 0.6 is 11.6 Å². The van der Waals surface area contributed by atoms with E-state index in [0.29, 0.717) is 36.6 Å². The molecule has 2 aromatic heterocycles. The molecular formula is C28H26ClN5O2. The molecule has 0 spiro atoms. The fraction of sp³-hybridized carbons (Fsp3) is 0.321. The van der Waals surface area contributed by atoms with Crippen LogP contribution in [0, 0.1) is 0 Å². The van der Waals surface area contributed by atoms with Gasteiger partial charge < -0.3 is 4.74 Å². The average molecular weight is 500 g/mol. The molecule has 7 rings (SSSR count). The minimum absolute atomic E-state index is 0.0855. The molecule has 2 fully saturated rings. The monoisotopic (exact) mass is 499 g/mol. The van der Waals surface area contributed by atoms with Gasteiger partial charge in [-0.25, -0.2) is 15.0 Å². The summed E-state index contributed by atoms with van der Waals surface area (Å²) in [4.78, 5) is 15.0. The third kappa shape index (κ3) is 4.45. The van der Waals surface area contributed by atoms with Gasteiger partial charge in [-0.3, -0.25) is 9.83 Å². The van der Waals surface area contributed by atoms with Crippen molar-refractivity contribution in [1.82, 2.24) is 20.1 Å². The zero-order valence-corrected chi connectivity index (χ0v) is 20.5. The van der Waals surface area contributed by atoms with Crippen molar-refractivity contribution in [2.45, 2.75) is 50.0 Å². The minimum atomic E-state index is -0.0855. The van der Waals surface area contributed by atoms with Gasteiger partial charge in [0.25, 0.3) is 0 Å². The highest BCUT2D eigenvalue weighted by Crippen LogP contribution is 2.42. The number of amidine groups is 1. The number of hydrogen-bond acceptors (Lipinski definition) is 6. The summed E-state index contributed by atoms with van der Waals surface area (Å²) in [6, 6.07) is 16.6. The van der Waals surface area contributed by atoms with E-state index in [1.807, 2.05) is 18.2 Å². The number of imidazole rings is 1. The van der Waals surface area contributed by atoms with E-state index < -0.39 is 0 Å². The number of hydroxylamine groups is 1. The molecule has 1 N–H and O–H groups in total. The first-order valence-corrected chi connectivity index (χ1v) is 12.9. The molecule has 1 atom stereocenters. The van der Waals surface area contributed by atoms with Crippen LogP contribution in [-0.2, 0) is 11.3 Å². The predicted octanol–water partition coefficient (Wildman–Crippen LogP) is 5.82. The number of nitrogens with one attached hydrogen (secondary N) is 1. The van der Waals surface area contributed by atoms with Gasteiger partial charge >= 0.3 is 0 Å². The van der Waals surface area contributed by atoms with Gasteiger partial charge in [-0.2, -0.15) is 0 Å². The van der Waals surface area contributed by atoms with E-state index in [-0.39, 0.29) is 6.04 Å². The van der Waals surface area contributed by atoms with E-state index in [2.05, 4.69) is 45.9 Å². The maximum absolute atomic E-state index is 6.64. The molecule has 0 bridgehead atoms. The maximum Gasteiger partial charge on any atom is 0.248 e. The van der Waals surface area contributed by atoms with Gasteiger partial charge in [0, 0.05) is 5.02 Å². The molecule has 1 aliphatic heterocycles. The van der Waals surface area contributed by atoms with E-state index in [1.54, 1.807) is 17.0 Å². The highest BCUT2D eigenvalue weighted by molar-refractivity contribution is 6.31. The van der Waals surface area contributed by atoms with Crippen molar-refractivity contribution in [3.8, 4) is 11.6 Å². The minimum Gasteiger partial charge on any atom is -0.437 e. The molecule has 36 heavy (non-hydrogen) atoms. The molecule has 0 saturated heterocycles. The summed E-state index contributed by atoms with van der Waals surface area (Å²) in [5, 5.41) is 5.49. The number of hydrogen-bond donors (Lipinski definition) is 1. The van der Waals surface area contributed by atoms with Crippen LogP contribution in [0.25, 0.3) is 5.52 Å². The van der Waals surface area contributed by atoms with Crippen LogP contribution in [0.4, 0.5) is 0 Å². The van der Waals surface area contributed by atoms with Crippen molar-refractivity contribution in [1.29, 1.82) is 0 Å². The van der Waals surface area contributed by atoms with Crippen LogP contribution in [0.2, 0.25) is 5.02 Å². The topological polar surface area (TPSA) is 73.0 Å². The first kappa shape index (κ1) is 21.8. The van der Waals surface area contributed by atoms with Gasteiger partial charge in [0.15, 0.2) is 5.84 Å². The van der Waals surface area contributed by atoms with Gasteiger partial charge in [0.2, 0.25) is 5.88 Å². The SMILES string of the molecule is Clc1cc(C2CC2)ccc1CC1CONC(c2cc3cncn3nc2Oc2cccc(C3CC3)c2)=N1. The Kier molecular flexibility index (Phi) is 5.40.